The molecule has 0 radical (unpaired) electrons. The Balaban J connectivity index is 1.69. The number of rotatable bonds is 4. The Hall–Kier alpha value is -1.03. The average Bonchev–Trinajstić information content (AvgIpc) is 2.89. The summed E-state index contributed by atoms with van der Waals surface area (Å²) < 4.78 is 2.43. The maximum absolute atomic E-state index is 4.76. The van der Waals surface area contributed by atoms with Crippen molar-refractivity contribution in [3.8, 4) is 0 Å². The highest BCUT2D eigenvalue weighted by atomic mass is 15.3. The number of aromatic nitrogens is 2. The number of hydrogen-bond acceptors (Lipinski definition) is 3. The molecule has 0 amide bonds. The standard InChI is InChI=1S/C17H30N4/c1-3-20-11-7-8-15(13-20)19-17-18-14(2)12-21(17)16-9-5-4-6-10-16/h12,15-16H,3-11,13H2,1-2H3,(H,18,19). The molecule has 0 bridgehead atoms. The molecule has 118 valence electrons. The minimum Gasteiger partial charge on any atom is -0.352 e. The predicted octanol–water partition coefficient (Wildman–Crippen LogP) is 3.59. The van der Waals surface area contributed by atoms with Crippen LogP contribution in [0.15, 0.2) is 6.20 Å². The van der Waals surface area contributed by atoms with E-state index >= 15 is 0 Å². The average molecular weight is 290 g/mol. The van der Waals surface area contributed by atoms with E-state index in [4.69, 9.17) is 4.98 Å². The number of nitrogens with zero attached hydrogens (tertiary/aromatic N) is 3. The van der Waals surface area contributed by atoms with E-state index in [0.29, 0.717) is 12.1 Å². The number of hydrogen-bond donors (Lipinski definition) is 1. The van der Waals surface area contributed by atoms with E-state index in [-0.39, 0.29) is 0 Å². The second-order valence-corrected chi connectivity index (χ2v) is 6.78. The smallest absolute Gasteiger partial charge is 0.203 e. The molecule has 1 N–H and O–H groups in total. The van der Waals surface area contributed by atoms with Crippen LogP contribution in [-0.4, -0.2) is 40.1 Å². The molecule has 2 heterocycles. The number of nitrogens with one attached hydrogen (secondary N) is 1. The number of likely N-dealkylation sites (N-methyl/N-ethyl adjacent to an activating group) is 1. The van der Waals surface area contributed by atoms with Crippen LogP contribution in [0.5, 0.6) is 0 Å². The van der Waals surface area contributed by atoms with Gasteiger partial charge in [-0.3, -0.25) is 0 Å². The number of aryl methyl sites for hydroxylation is 1. The Morgan fingerprint density at radius 2 is 2.00 bits per heavy atom. The van der Waals surface area contributed by atoms with Crippen LogP contribution in [0.25, 0.3) is 0 Å². The van der Waals surface area contributed by atoms with Gasteiger partial charge in [-0.15, -0.1) is 0 Å². The van der Waals surface area contributed by atoms with Crippen molar-refractivity contribution in [2.75, 3.05) is 25.0 Å². The van der Waals surface area contributed by atoms with E-state index in [1.54, 1.807) is 0 Å². The first-order valence-electron chi connectivity index (χ1n) is 8.80. The molecule has 1 aromatic heterocycles. The Labute approximate surface area is 128 Å². The number of anilines is 1. The Morgan fingerprint density at radius 3 is 2.76 bits per heavy atom. The molecule has 1 saturated carbocycles. The van der Waals surface area contributed by atoms with Crippen molar-refractivity contribution in [1.82, 2.24) is 14.5 Å². The van der Waals surface area contributed by atoms with Gasteiger partial charge in [0.2, 0.25) is 5.95 Å². The van der Waals surface area contributed by atoms with E-state index in [9.17, 15) is 0 Å². The molecular weight excluding hydrogens is 260 g/mol. The lowest BCUT2D eigenvalue weighted by Crippen LogP contribution is -2.42. The van der Waals surface area contributed by atoms with Crippen molar-refractivity contribution in [2.24, 2.45) is 0 Å². The lowest BCUT2D eigenvalue weighted by atomic mass is 9.95. The van der Waals surface area contributed by atoms with E-state index in [0.717, 1.165) is 24.7 Å². The first-order chi connectivity index (χ1) is 10.3. The number of likely N-dealkylation sites (tertiary alicyclic amines) is 1. The summed E-state index contributed by atoms with van der Waals surface area (Å²) >= 11 is 0. The van der Waals surface area contributed by atoms with E-state index in [1.807, 2.05) is 0 Å². The van der Waals surface area contributed by atoms with Crippen molar-refractivity contribution in [3.63, 3.8) is 0 Å². The lowest BCUT2D eigenvalue weighted by Gasteiger charge is -2.33. The summed E-state index contributed by atoms with van der Waals surface area (Å²) in [6.45, 7) is 7.95. The van der Waals surface area contributed by atoms with Gasteiger partial charge in [0.15, 0.2) is 0 Å². The maximum atomic E-state index is 4.76. The predicted molar refractivity (Wildman–Crippen MR) is 87.8 cm³/mol. The largest absolute Gasteiger partial charge is 0.352 e. The van der Waals surface area contributed by atoms with Crippen LogP contribution in [0.2, 0.25) is 0 Å². The minimum atomic E-state index is 0.558. The molecule has 4 nitrogen and oxygen atoms in total. The van der Waals surface area contributed by atoms with Crippen LogP contribution in [0.1, 0.15) is 63.6 Å². The van der Waals surface area contributed by atoms with Gasteiger partial charge in [-0.2, -0.15) is 0 Å². The Morgan fingerprint density at radius 1 is 1.19 bits per heavy atom. The molecule has 3 rings (SSSR count). The van der Waals surface area contributed by atoms with Gasteiger partial charge in [0.05, 0.1) is 5.69 Å². The fraction of sp³-hybridized carbons (Fsp3) is 0.824. The van der Waals surface area contributed by atoms with E-state index in [1.165, 1.54) is 51.5 Å². The van der Waals surface area contributed by atoms with Gasteiger partial charge < -0.3 is 14.8 Å². The molecule has 2 fully saturated rings. The van der Waals surface area contributed by atoms with Gasteiger partial charge >= 0.3 is 0 Å². The van der Waals surface area contributed by atoms with Crippen molar-refractivity contribution in [3.05, 3.63) is 11.9 Å². The maximum Gasteiger partial charge on any atom is 0.203 e. The summed E-state index contributed by atoms with van der Waals surface area (Å²) in [4.78, 5) is 7.31. The van der Waals surface area contributed by atoms with Crippen LogP contribution in [0, 0.1) is 6.92 Å². The molecule has 0 aromatic carbocycles. The lowest BCUT2D eigenvalue weighted by molar-refractivity contribution is 0.226. The first-order valence-corrected chi connectivity index (χ1v) is 8.80. The van der Waals surface area contributed by atoms with Crippen molar-refractivity contribution in [2.45, 2.75) is 70.9 Å². The molecule has 1 atom stereocenters. The zero-order valence-corrected chi connectivity index (χ0v) is 13.6. The van der Waals surface area contributed by atoms with Crippen LogP contribution in [0.4, 0.5) is 5.95 Å². The Bertz CT molecular complexity index is 448. The minimum absolute atomic E-state index is 0.558. The van der Waals surface area contributed by atoms with Gasteiger partial charge in [-0.05, 0) is 45.7 Å². The Kier molecular flexibility index (Phi) is 4.84. The van der Waals surface area contributed by atoms with Gasteiger partial charge in [-0.1, -0.05) is 26.2 Å². The monoisotopic (exact) mass is 290 g/mol. The zero-order chi connectivity index (χ0) is 14.7. The van der Waals surface area contributed by atoms with Gasteiger partial charge in [-0.25, -0.2) is 4.98 Å². The summed E-state index contributed by atoms with van der Waals surface area (Å²) in [5.74, 6) is 1.11. The quantitative estimate of drug-likeness (QED) is 0.920. The summed E-state index contributed by atoms with van der Waals surface area (Å²) in [6.07, 6.45) is 11.6. The summed E-state index contributed by atoms with van der Waals surface area (Å²) in [5, 5.41) is 3.74. The molecule has 1 saturated heterocycles. The highest BCUT2D eigenvalue weighted by Gasteiger charge is 2.23. The third kappa shape index (κ3) is 3.60. The molecule has 0 spiro atoms. The van der Waals surface area contributed by atoms with Crippen LogP contribution >= 0.6 is 0 Å². The number of piperidine rings is 1. The second-order valence-electron chi connectivity index (χ2n) is 6.78. The summed E-state index contributed by atoms with van der Waals surface area (Å²) in [6, 6.07) is 1.22. The van der Waals surface area contributed by atoms with Crippen LogP contribution in [-0.2, 0) is 0 Å². The van der Waals surface area contributed by atoms with Crippen molar-refractivity contribution < 1.29 is 0 Å². The highest BCUT2D eigenvalue weighted by molar-refractivity contribution is 5.31. The van der Waals surface area contributed by atoms with Gasteiger partial charge in [0.1, 0.15) is 0 Å². The van der Waals surface area contributed by atoms with E-state index < -0.39 is 0 Å². The SMILES string of the molecule is CCN1CCCC(Nc2nc(C)cn2C2CCCCC2)C1. The fourth-order valence-electron chi connectivity index (χ4n) is 3.90. The second kappa shape index (κ2) is 6.82. The van der Waals surface area contributed by atoms with E-state index in [2.05, 4.69) is 34.8 Å². The molecule has 1 aliphatic heterocycles. The molecular formula is C17H30N4. The van der Waals surface area contributed by atoms with Crippen molar-refractivity contribution in [1.29, 1.82) is 0 Å². The normalized spacial score (nSPS) is 25.1. The molecule has 1 unspecified atom stereocenters. The third-order valence-corrected chi connectivity index (χ3v) is 5.11. The first kappa shape index (κ1) is 14.9. The van der Waals surface area contributed by atoms with Gasteiger partial charge in [0, 0.05) is 24.8 Å². The molecule has 2 aliphatic rings. The molecule has 1 aromatic rings. The topological polar surface area (TPSA) is 33.1 Å². The number of imidazole rings is 1. The third-order valence-electron chi connectivity index (χ3n) is 5.11. The molecule has 21 heavy (non-hydrogen) atoms. The molecule has 1 aliphatic carbocycles. The molecule has 4 heteroatoms. The van der Waals surface area contributed by atoms with Gasteiger partial charge in [0.25, 0.3) is 0 Å². The van der Waals surface area contributed by atoms with Crippen molar-refractivity contribution >= 4 is 5.95 Å². The van der Waals surface area contributed by atoms with Crippen LogP contribution in [0.3, 0.4) is 0 Å². The summed E-state index contributed by atoms with van der Waals surface area (Å²) in [5.41, 5.74) is 1.14. The highest BCUT2D eigenvalue weighted by Crippen LogP contribution is 2.31. The van der Waals surface area contributed by atoms with Crippen LogP contribution < -0.4 is 5.32 Å². The zero-order valence-electron chi connectivity index (χ0n) is 13.6. The summed E-state index contributed by atoms with van der Waals surface area (Å²) in [7, 11) is 0. The fourth-order valence-corrected chi connectivity index (χ4v) is 3.90.